The van der Waals surface area contributed by atoms with Crippen molar-refractivity contribution in [2.24, 2.45) is 0 Å². The van der Waals surface area contributed by atoms with Crippen LogP contribution in [0.4, 0.5) is 10.5 Å². The molecule has 1 aliphatic heterocycles. The number of amides is 2. The van der Waals surface area contributed by atoms with Gasteiger partial charge in [-0.05, 0) is 36.4 Å². The van der Waals surface area contributed by atoms with Gasteiger partial charge in [0.15, 0.2) is 0 Å². The number of carbonyl (C=O) groups excluding carboxylic acids is 2. The minimum Gasteiger partial charge on any atom is -0.442 e. The molecule has 2 amide bonds. The molecule has 1 N–H and O–H groups in total. The van der Waals surface area contributed by atoms with Crippen LogP contribution >= 0.6 is 11.8 Å². The molecule has 24 heavy (non-hydrogen) atoms. The fourth-order valence-corrected chi connectivity index (χ4v) is 3.25. The lowest BCUT2D eigenvalue weighted by Gasteiger charge is -2.13. The largest absolute Gasteiger partial charge is 0.442 e. The van der Waals surface area contributed by atoms with Gasteiger partial charge >= 0.3 is 6.09 Å². The highest BCUT2D eigenvalue weighted by Crippen LogP contribution is 2.30. The summed E-state index contributed by atoms with van der Waals surface area (Å²) in [5.41, 5.74) is 0.794. The molecule has 1 heterocycles. The van der Waals surface area contributed by atoms with Crippen molar-refractivity contribution < 1.29 is 14.3 Å². The Balaban J connectivity index is 1.63. The molecule has 1 saturated heterocycles. The van der Waals surface area contributed by atoms with Gasteiger partial charge in [0.05, 0.1) is 13.1 Å². The summed E-state index contributed by atoms with van der Waals surface area (Å²) in [6, 6.07) is 17.9. The fourth-order valence-electron chi connectivity index (χ4n) is 2.41. The van der Waals surface area contributed by atoms with E-state index in [1.165, 1.54) is 11.8 Å². The third-order valence-electron chi connectivity index (χ3n) is 3.58. The van der Waals surface area contributed by atoms with Crippen LogP contribution in [-0.2, 0) is 9.53 Å². The molecule has 0 radical (unpaired) electrons. The van der Waals surface area contributed by atoms with Crippen LogP contribution in [0, 0.1) is 0 Å². The van der Waals surface area contributed by atoms with Crippen molar-refractivity contribution >= 4 is 29.4 Å². The fraction of sp³-hybridized carbons (Fsp3) is 0.222. The van der Waals surface area contributed by atoms with E-state index in [1.54, 1.807) is 16.7 Å². The Morgan fingerprint density at radius 3 is 2.50 bits per heavy atom. The topological polar surface area (TPSA) is 58.6 Å². The molecule has 0 saturated carbocycles. The van der Waals surface area contributed by atoms with Gasteiger partial charge in [-0.3, -0.25) is 9.69 Å². The van der Waals surface area contributed by atoms with E-state index in [-0.39, 0.29) is 18.1 Å². The van der Waals surface area contributed by atoms with Crippen LogP contribution in [0.1, 0.15) is 6.92 Å². The van der Waals surface area contributed by atoms with Gasteiger partial charge in [-0.2, -0.15) is 0 Å². The SMILES string of the molecule is CC(=O)NC[C@H]1CN(c2ccc(Sc3ccccc3)cc2)C(=O)O1. The Morgan fingerprint density at radius 1 is 1.17 bits per heavy atom. The summed E-state index contributed by atoms with van der Waals surface area (Å²) in [5, 5.41) is 2.67. The van der Waals surface area contributed by atoms with Crippen molar-refractivity contribution in [3.8, 4) is 0 Å². The molecular formula is C18H18N2O3S. The molecule has 1 atom stereocenters. The third kappa shape index (κ3) is 4.08. The van der Waals surface area contributed by atoms with Gasteiger partial charge in [-0.15, -0.1) is 0 Å². The molecule has 3 rings (SSSR count). The predicted molar refractivity (Wildman–Crippen MR) is 93.3 cm³/mol. The van der Waals surface area contributed by atoms with Crippen molar-refractivity contribution in [3.05, 3.63) is 54.6 Å². The quantitative estimate of drug-likeness (QED) is 0.906. The molecule has 0 aliphatic carbocycles. The molecule has 0 spiro atoms. The van der Waals surface area contributed by atoms with Crippen LogP contribution in [0.25, 0.3) is 0 Å². The minimum atomic E-state index is -0.381. The lowest BCUT2D eigenvalue weighted by Crippen LogP contribution is -2.33. The summed E-state index contributed by atoms with van der Waals surface area (Å²) in [4.78, 5) is 26.8. The molecular weight excluding hydrogens is 324 g/mol. The summed E-state index contributed by atoms with van der Waals surface area (Å²) < 4.78 is 5.27. The number of hydrogen-bond acceptors (Lipinski definition) is 4. The van der Waals surface area contributed by atoms with Gasteiger partial charge < -0.3 is 10.1 Å². The normalized spacial score (nSPS) is 16.8. The Kier molecular flexibility index (Phi) is 5.05. The molecule has 0 bridgehead atoms. The lowest BCUT2D eigenvalue weighted by molar-refractivity contribution is -0.119. The van der Waals surface area contributed by atoms with E-state index in [4.69, 9.17) is 4.74 Å². The van der Waals surface area contributed by atoms with E-state index in [0.29, 0.717) is 13.1 Å². The van der Waals surface area contributed by atoms with Crippen molar-refractivity contribution in [1.82, 2.24) is 5.32 Å². The van der Waals surface area contributed by atoms with Gasteiger partial charge in [-0.1, -0.05) is 30.0 Å². The average Bonchev–Trinajstić information content (AvgIpc) is 2.96. The summed E-state index contributed by atoms with van der Waals surface area (Å²) in [6.45, 7) is 2.21. The zero-order valence-electron chi connectivity index (χ0n) is 13.3. The van der Waals surface area contributed by atoms with Gasteiger partial charge in [-0.25, -0.2) is 4.79 Å². The number of benzene rings is 2. The molecule has 1 fully saturated rings. The maximum Gasteiger partial charge on any atom is 0.414 e. The van der Waals surface area contributed by atoms with Gasteiger partial charge in [0, 0.05) is 22.4 Å². The predicted octanol–water partition coefficient (Wildman–Crippen LogP) is 3.30. The number of cyclic esters (lactones) is 1. The van der Waals surface area contributed by atoms with E-state index in [9.17, 15) is 9.59 Å². The average molecular weight is 342 g/mol. The molecule has 5 nitrogen and oxygen atoms in total. The minimum absolute atomic E-state index is 0.133. The smallest absolute Gasteiger partial charge is 0.414 e. The number of rotatable bonds is 5. The number of nitrogens with one attached hydrogen (secondary N) is 1. The Bertz CT molecular complexity index is 719. The lowest BCUT2D eigenvalue weighted by atomic mass is 10.2. The Labute approximate surface area is 145 Å². The van der Waals surface area contributed by atoms with Crippen LogP contribution in [0.2, 0.25) is 0 Å². The number of hydrogen-bond donors (Lipinski definition) is 1. The Hall–Kier alpha value is -2.47. The van der Waals surface area contributed by atoms with E-state index in [0.717, 1.165) is 10.6 Å². The van der Waals surface area contributed by atoms with E-state index >= 15 is 0 Å². The molecule has 0 unspecified atom stereocenters. The van der Waals surface area contributed by atoms with Crippen molar-refractivity contribution in [1.29, 1.82) is 0 Å². The zero-order valence-corrected chi connectivity index (χ0v) is 14.1. The van der Waals surface area contributed by atoms with Gasteiger partial charge in [0.2, 0.25) is 5.91 Å². The van der Waals surface area contributed by atoms with Crippen LogP contribution in [-0.4, -0.2) is 31.2 Å². The van der Waals surface area contributed by atoms with Crippen molar-refractivity contribution in [3.63, 3.8) is 0 Å². The highest BCUT2D eigenvalue weighted by Gasteiger charge is 2.32. The zero-order chi connectivity index (χ0) is 16.9. The summed E-state index contributed by atoms with van der Waals surface area (Å²) in [6.07, 6.45) is -0.700. The van der Waals surface area contributed by atoms with Gasteiger partial charge in [0.1, 0.15) is 6.10 Å². The first-order valence-corrected chi connectivity index (χ1v) is 8.49. The molecule has 6 heteroatoms. The molecule has 0 aromatic heterocycles. The van der Waals surface area contributed by atoms with Gasteiger partial charge in [0.25, 0.3) is 0 Å². The van der Waals surface area contributed by atoms with Crippen molar-refractivity contribution in [2.45, 2.75) is 22.8 Å². The summed E-state index contributed by atoms with van der Waals surface area (Å²) >= 11 is 1.67. The highest BCUT2D eigenvalue weighted by molar-refractivity contribution is 7.99. The highest BCUT2D eigenvalue weighted by atomic mass is 32.2. The first-order valence-electron chi connectivity index (χ1n) is 7.67. The molecule has 124 valence electrons. The van der Waals surface area contributed by atoms with Crippen LogP contribution in [0.5, 0.6) is 0 Å². The summed E-state index contributed by atoms with van der Waals surface area (Å²) in [7, 11) is 0. The number of nitrogens with zero attached hydrogens (tertiary/aromatic N) is 1. The molecule has 2 aromatic carbocycles. The maximum absolute atomic E-state index is 12.0. The number of anilines is 1. The second-order valence-corrected chi connectivity index (χ2v) is 6.61. The van der Waals surface area contributed by atoms with E-state index < -0.39 is 0 Å². The first-order chi connectivity index (χ1) is 11.6. The van der Waals surface area contributed by atoms with Crippen LogP contribution < -0.4 is 10.2 Å². The maximum atomic E-state index is 12.0. The number of carbonyl (C=O) groups is 2. The molecule has 1 aliphatic rings. The standard InChI is InChI=1S/C18H18N2O3S/c1-13(21)19-11-15-12-20(18(22)23-15)14-7-9-17(10-8-14)24-16-5-3-2-4-6-16/h2-10,15H,11-12H2,1H3,(H,19,21)/t15-/m0/s1. The van der Waals surface area contributed by atoms with E-state index in [1.807, 2.05) is 42.5 Å². The van der Waals surface area contributed by atoms with Crippen LogP contribution in [0.3, 0.4) is 0 Å². The summed E-state index contributed by atoms with van der Waals surface area (Å²) in [5.74, 6) is -0.133. The Morgan fingerprint density at radius 2 is 1.83 bits per heavy atom. The van der Waals surface area contributed by atoms with Crippen LogP contribution in [0.15, 0.2) is 64.4 Å². The second kappa shape index (κ2) is 7.40. The first kappa shape index (κ1) is 16.4. The van der Waals surface area contributed by atoms with Crippen molar-refractivity contribution in [2.75, 3.05) is 18.0 Å². The number of ether oxygens (including phenoxy) is 1. The third-order valence-corrected chi connectivity index (χ3v) is 4.60. The monoisotopic (exact) mass is 342 g/mol. The molecule has 2 aromatic rings. The van der Waals surface area contributed by atoms with E-state index in [2.05, 4.69) is 17.4 Å². The second-order valence-electron chi connectivity index (χ2n) is 5.46.